The van der Waals surface area contributed by atoms with Crippen LogP contribution in [0.2, 0.25) is 0 Å². The maximum absolute atomic E-state index is 13.5. The zero-order chi connectivity index (χ0) is 30.4. The highest BCUT2D eigenvalue weighted by atomic mass is 19.2. The Kier molecular flexibility index (Phi) is 10.0. The molecule has 1 aromatic heterocycles. The Bertz CT molecular complexity index is 1400. The number of nitrogens with zero attached hydrogens (tertiary/aromatic N) is 3. The summed E-state index contributed by atoms with van der Waals surface area (Å²) >= 11 is 0. The van der Waals surface area contributed by atoms with Crippen LogP contribution in [0.3, 0.4) is 0 Å². The summed E-state index contributed by atoms with van der Waals surface area (Å²) in [7, 11) is 1.64. The maximum Gasteiger partial charge on any atom is 0.309 e. The fourth-order valence-corrected chi connectivity index (χ4v) is 6.11. The fraction of sp³-hybridized carbons (Fsp3) is 0.500. The highest BCUT2D eigenvalue weighted by Gasteiger charge is 2.41. The van der Waals surface area contributed by atoms with Crippen LogP contribution < -0.4 is 9.47 Å². The highest BCUT2D eigenvalue weighted by molar-refractivity contribution is 5.84. The molecule has 3 heterocycles. The molecule has 2 saturated heterocycles. The van der Waals surface area contributed by atoms with E-state index in [1.54, 1.807) is 7.11 Å². The van der Waals surface area contributed by atoms with E-state index in [9.17, 15) is 23.1 Å². The Morgan fingerprint density at radius 3 is 2.42 bits per heavy atom. The van der Waals surface area contributed by atoms with Gasteiger partial charge in [0.05, 0.1) is 31.3 Å². The average Bonchev–Trinajstić information content (AvgIpc) is 3.01. The van der Waals surface area contributed by atoms with Crippen molar-refractivity contribution >= 4 is 16.9 Å². The zero-order valence-electron chi connectivity index (χ0n) is 24.4. The molecular formula is C32H38F3N3O5. The van der Waals surface area contributed by atoms with Crippen LogP contribution in [0.15, 0.2) is 36.5 Å². The van der Waals surface area contributed by atoms with Gasteiger partial charge < -0.3 is 19.3 Å². The van der Waals surface area contributed by atoms with Crippen molar-refractivity contribution in [3.63, 3.8) is 0 Å². The number of carbonyl (C=O) groups is 1. The number of carboxylic acids is 1. The minimum atomic E-state index is -1.53. The SMILES string of the molecule is COc1ccc2ncc(CN3CCOCC3)c(CCCC3(C(=O)O)CCN(CCOc4cc(F)c(F)c(F)c4)CC3)c2c1. The normalized spacial score (nSPS) is 17.7. The molecule has 0 saturated carbocycles. The summed E-state index contributed by atoms with van der Waals surface area (Å²) < 4.78 is 56.5. The molecule has 2 aliphatic rings. The first-order valence-corrected chi connectivity index (χ1v) is 14.8. The van der Waals surface area contributed by atoms with Gasteiger partial charge in [-0.15, -0.1) is 0 Å². The first-order valence-electron chi connectivity index (χ1n) is 14.8. The van der Waals surface area contributed by atoms with E-state index in [2.05, 4.69) is 9.80 Å². The van der Waals surface area contributed by atoms with Gasteiger partial charge in [-0.1, -0.05) is 0 Å². The zero-order valence-corrected chi connectivity index (χ0v) is 24.4. The average molecular weight is 602 g/mol. The van der Waals surface area contributed by atoms with Gasteiger partial charge in [0.2, 0.25) is 0 Å². The number of aliphatic carboxylic acids is 1. The molecule has 3 aromatic rings. The van der Waals surface area contributed by atoms with Gasteiger partial charge in [0, 0.05) is 49.9 Å². The van der Waals surface area contributed by atoms with Crippen molar-refractivity contribution in [2.24, 2.45) is 5.41 Å². The van der Waals surface area contributed by atoms with E-state index in [0.717, 1.165) is 60.4 Å². The van der Waals surface area contributed by atoms with Crippen LogP contribution in [0.1, 0.15) is 36.8 Å². The third-order valence-electron chi connectivity index (χ3n) is 8.76. The van der Waals surface area contributed by atoms with Crippen molar-refractivity contribution in [2.45, 2.75) is 38.6 Å². The molecule has 0 radical (unpaired) electrons. The van der Waals surface area contributed by atoms with E-state index >= 15 is 0 Å². The minimum Gasteiger partial charge on any atom is -0.497 e. The molecular weight excluding hydrogens is 563 g/mol. The Morgan fingerprint density at radius 1 is 1.02 bits per heavy atom. The van der Waals surface area contributed by atoms with Gasteiger partial charge in [0.15, 0.2) is 17.5 Å². The van der Waals surface area contributed by atoms with E-state index in [0.29, 0.717) is 58.5 Å². The summed E-state index contributed by atoms with van der Waals surface area (Å²) in [5.74, 6) is -4.23. The molecule has 2 fully saturated rings. The molecule has 43 heavy (non-hydrogen) atoms. The molecule has 2 aromatic carbocycles. The van der Waals surface area contributed by atoms with E-state index < -0.39 is 28.8 Å². The van der Waals surface area contributed by atoms with Crippen molar-refractivity contribution in [2.75, 3.05) is 59.7 Å². The molecule has 11 heteroatoms. The number of methoxy groups -OCH3 is 1. The number of likely N-dealkylation sites (tertiary alicyclic amines) is 1. The van der Waals surface area contributed by atoms with Crippen LogP contribution in [0.5, 0.6) is 11.5 Å². The van der Waals surface area contributed by atoms with Gasteiger partial charge in [-0.2, -0.15) is 0 Å². The molecule has 232 valence electrons. The number of fused-ring (bicyclic) bond motifs is 1. The molecule has 0 spiro atoms. The van der Waals surface area contributed by atoms with Crippen LogP contribution in [0.4, 0.5) is 13.2 Å². The van der Waals surface area contributed by atoms with Gasteiger partial charge >= 0.3 is 5.97 Å². The Labute approximate surface area is 249 Å². The summed E-state index contributed by atoms with van der Waals surface area (Å²) in [5, 5.41) is 11.3. The maximum atomic E-state index is 13.5. The third-order valence-corrected chi connectivity index (χ3v) is 8.76. The van der Waals surface area contributed by atoms with E-state index in [4.69, 9.17) is 19.2 Å². The second-order valence-corrected chi connectivity index (χ2v) is 11.4. The van der Waals surface area contributed by atoms with Gasteiger partial charge in [-0.25, -0.2) is 13.2 Å². The van der Waals surface area contributed by atoms with Crippen molar-refractivity contribution < 1.29 is 37.3 Å². The van der Waals surface area contributed by atoms with Gasteiger partial charge in [0.25, 0.3) is 0 Å². The lowest BCUT2D eigenvalue weighted by molar-refractivity contribution is -0.152. The molecule has 2 aliphatic heterocycles. The molecule has 1 N–H and O–H groups in total. The summed E-state index contributed by atoms with van der Waals surface area (Å²) in [5.41, 5.74) is 2.38. The first kappa shape index (κ1) is 31.0. The number of halogens is 3. The predicted molar refractivity (Wildman–Crippen MR) is 155 cm³/mol. The number of hydrogen-bond donors (Lipinski definition) is 1. The number of rotatable bonds is 12. The first-order chi connectivity index (χ1) is 20.8. The summed E-state index contributed by atoms with van der Waals surface area (Å²) in [6.07, 6.45) is 4.92. The largest absolute Gasteiger partial charge is 0.497 e. The third kappa shape index (κ3) is 7.39. The number of piperidine rings is 1. The van der Waals surface area contributed by atoms with E-state index in [1.807, 2.05) is 24.4 Å². The fourth-order valence-electron chi connectivity index (χ4n) is 6.11. The number of benzene rings is 2. The van der Waals surface area contributed by atoms with Crippen LogP contribution in [-0.2, 0) is 22.5 Å². The molecule has 0 aliphatic carbocycles. The summed E-state index contributed by atoms with van der Waals surface area (Å²) in [6, 6.07) is 7.51. The standard InChI is InChI=1S/C32H38F3N3O5/c1-41-23-4-5-29-26(17-23)25(22(20-36-29)21-38-11-14-42-15-12-38)3-2-6-32(31(39)40)7-9-37(10-8-32)13-16-43-24-18-27(33)30(35)28(34)19-24/h4-5,17-20H,2-3,6-16,21H2,1H3,(H,39,40). The van der Waals surface area contributed by atoms with Crippen LogP contribution in [-0.4, -0.2) is 85.5 Å². The second-order valence-electron chi connectivity index (χ2n) is 11.4. The van der Waals surface area contributed by atoms with Crippen molar-refractivity contribution in [3.8, 4) is 11.5 Å². The monoisotopic (exact) mass is 601 g/mol. The lowest BCUT2D eigenvalue weighted by Crippen LogP contribution is -2.45. The topological polar surface area (TPSA) is 84.4 Å². The lowest BCUT2D eigenvalue weighted by Gasteiger charge is -2.39. The molecule has 0 amide bonds. The number of hydrogen-bond acceptors (Lipinski definition) is 7. The second kappa shape index (κ2) is 13.9. The van der Waals surface area contributed by atoms with Crippen LogP contribution >= 0.6 is 0 Å². The van der Waals surface area contributed by atoms with Gasteiger partial charge in [0.1, 0.15) is 18.1 Å². The predicted octanol–water partition coefficient (Wildman–Crippen LogP) is 5.06. The smallest absolute Gasteiger partial charge is 0.309 e. The van der Waals surface area contributed by atoms with Crippen molar-refractivity contribution in [1.82, 2.24) is 14.8 Å². The molecule has 5 rings (SSSR count). The number of pyridine rings is 1. The Balaban J connectivity index is 1.21. The lowest BCUT2D eigenvalue weighted by atomic mass is 9.74. The van der Waals surface area contributed by atoms with Crippen LogP contribution in [0, 0.1) is 22.9 Å². The quantitative estimate of drug-likeness (QED) is 0.289. The van der Waals surface area contributed by atoms with Crippen molar-refractivity contribution in [1.29, 1.82) is 0 Å². The Morgan fingerprint density at radius 2 is 1.74 bits per heavy atom. The summed E-state index contributed by atoms with van der Waals surface area (Å²) in [6.45, 7) is 5.64. The number of ether oxygens (including phenoxy) is 3. The van der Waals surface area contributed by atoms with E-state index in [1.165, 1.54) is 5.56 Å². The number of aromatic nitrogens is 1. The summed E-state index contributed by atoms with van der Waals surface area (Å²) in [4.78, 5) is 21.7. The van der Waals surface area contributed by atoms with Gasteiger partial charge in [-0.3, -0.25) is 19.6 Å². The van der Waals surface area contributed by atoms with Crippen molar-refractivity contribution in [3.05, 3.63) is 65.1 Å². The van der Waals surface area contributed by atoms with Gasteiger partial charge in [-0.05, 0) is 74.5 Å². The molecule has 0 atom stereocenters. The molecule has 0 unspecified atom stereocenters. The highest BCUT2D eigenvalue weighted by Crippen LogP contribution is 2.38. The molecule has 8 nitrogen and oxygen atoms in total. The van der Waals surface area contributed by atoms with Crippen LogP contribution in [0.25, 0.3) is 10.9 Å². The minimum absolute atomic E-state index is 0.0810. The van der Waals surface area contributed by atoms with E-state index in [-0.39, 0.29) is 12.4 Å². The number of morpholine rings is 1. The Hall–Kier alpha value is -3.41. The number of aryl methyl sites for hydroxylation is 1. The number of carboxylic acid groups (broad SMARTS) is 1. The molecule has 0 bridgehead atoms.